The highest BCUT2D eigenvalue weighted by atomic mass is 32.2. The normalized spacial score (nSPS) is 11.3. The monoisotopic (exact) mass is 392 g/mol. The van der Waals surface area contributed by atoms with Crippen LogP contribution in [0.3, 0.4) is 0 Å². The van der Waals surface area contributed by atoms with Crippen LogP contribution in [0.15, 0.2) is 52.7 Å². The van der Waals surface area contributed by atoms with Gasteiger partial charge in [-0.2, -0.15) is 0 Å². The number of halogens is 1. The Bertz CT molecular complexity index is 1090. The van der Waals surface area contributed by atoms with Crippen molar-refractivity contribution in [1.29, 1.82) is 0 Å². The lowest BCUT2D eigenvalue weighted by Crippen LogP contribution is -2.14. The fourth-order valence-electron chi connectivity index (χ4n) is 2.29. The lowest BCUT2D eigenvalue weighted by atomic mass is 10.1. The third-order valence-corrected chi connectivity index (χ3v) is 5.66. The number of nitrogens with zero attached hydrogens (tertiary/aromatic N) is 1. The van der Waals surface area contributed by atoms with E-state index in [0.29, 0.717) is 0 Å². The lowest BCUT2D eigenvalue weighted by molar-refractivity contribution is 0.0691. The Hall–Kier alpha value is -2.78. The lowest BCUT2D eigenvalue weighted by Gasteiger charge is -2.10. The SMILES string of the molecule is Cc1nc(-c2cccc(NS(=O)(=O)c3ccc(F)c(C(=O)O)c3)c2)cs1. The van der Waals surface area contributed by atoms with Crippen LogP contribution >= 0.6 is 11.3 Å². The van der Waals surface area contributed by atoms with Crippen LogP contribution in [0, 0.1) is 12.7 Å². The van der Waals surface area contributed by atoms with Gasteiger partial charge in [-0.3, -0.25) is 4.72 Å². The van der Waals surface area contributed by atoms with Crippen molar-refractivity contribution in [3.05, 3.63) is 64.2 Å². The van der Waals surface area contributed by atoms with Gasteiger partial charge in [-0.25, -0.2) is 22.6 Å². The van der Waals surface area contributed by atoms with Gasteiger partial charge in [0.25, 0.3) is 10.0 Å². The first-order valence-electron chi connectivity index (χ1n) is 7.34. The molecule has 134 valence electrons. The number of hydrogen-bond donors (Lipinski definition) is 2. The highest BCUT2D eigenvalue weighted by Crippen LogP contribution is 2.26. The minimum absolute atomic E-state index is 0.286. The van der Waals surface area contributed by atoms with Gasteiger partial charge < -0.3 is 5.11 Å². The number of carbonyl (C=O) groups is 1. The molecule has 0 aliphatic rings. The second-order valence-corrected chi connectivity index (χ2v) is 8.13. The molecule has 0 saturated heterocycles. The van der Waals surface area contributed by atoms with Gasteiger partial charge >= 0.3 is 5.97 Å². The Balaban J connectivity index is 1.93. The average molecular weight is 392 g/mol. The molecule has 0 saturated carbocycles. The molecule has 6 nitrogen and oxygen atoms in total. The van der Waals surface area contributed by atoms with Crippen molar-refractivity contribution >= 4 is 33.0 Å². The molecule has 0 atom stereocenters. The molecule has 2 aromatic carbocycles. The molecule has 0 amide bonds. The van der Waals surface area contributed by atoms with Gasteiger partial charge in [0.05, 0.1) is 21.2 Å². The molecule has 26 heavy (non-hydrogen) atoms. The standard InChI is InChI=1S/C17H13FN2O4S2/c1-10-19-16(9-25-10)11-3-2-4-12(7-11)20-26(23,24)13-5-6-15(18)14(8-13)17(21)22/h2-9,20H,1H3,(H,21,22). The van der Waals surface area contributed by atoms with E-state index in [4.69, 9.17) is 5.11 Å². The van der Waals surface area contributed by atoms with E-state index in [2.05, 4.69) is 9.71 Å². The number of rotatable bonds is 5. The molecule has 2 N–H and O–H groups in total. The van der Waals surface area contributed by atoms with Crippen LogP contribution in [-0.4, -0.2) is 24.5 Å². The zero-order valence-corrected chi connectivity index (χ0v) is 15.1. The summed E-state index contributed by atoms with van der Waals surface area (Å²) in [6, 6.07) is 9.26. The topological polar surface area (TPSA) is 96.4 Å². The molecule has 1 aromatic heterocycles. The molecule has 1 heterocycles. The number of carboxylic acids is 1. The summed E-state index contributed by atoms with van der Waals surface area (Å²) in [5, 5.41) is 11.7. The molecule has 0 spiro atoms. The van der Waals surface area contributed by atoms with Crippen molar-refractivity contribution < 1.29 is 22.7 Å². The molecule has 0 radical (unpaired) electrons. The molecule has 0 unspecified atom stereocenters. The second kappa shape index (κ2) is 6.85. The quantitative estimate of drug-likeness (QED) is 0.689. The number of anilines is 1. The van der Waals surface area contributed by atoms with Gasteiger partial charge in [-0.15, -0.1) is 11.3 Å². The molecular weight excluding hydrogens is 379 g/mol. The zero-order chi connectivity index (χ0) is 18.9. The molecule has 0 aliphatic carbocycles. The van der Waals surface area contributed by atoms with Gasteiger partial charge in [0, 0.05) is 16.6 Å². The number of thiazole rings is 1. The number of benzene rings is 2. The first-order valence-corrected chi connectivity index (χ1v) is 9.71. The third-order valence-electron chi connectivity index (χ3n) is 3.51. The summed E-state index contributed by atoms with van der Waals surface area (Å²) in [7, 11) is -4.08. The van der Waals surface area contributed by atoms with Gasteiger partial charge in [0.2, 0.25) is 0 Å². The van der Waals surface area contributed by atoms with E-state index in [9.17, 15) is 17.6 Å². The molecule has 3 aromatic rings. The van der Waals surface area contributed by atoms with Crippen LogP contribution in [-0.2, 0) is 10.0 Å². The summed E-state index contributed by atoms with van der Waals surface area (Å²) in [6.07, 6.45) is 0. The van der Waals surface area contributed by atoms with E-state index in [1.807, 2.05) is 12.3 Å². The molecule has 9 heteroatoms. The Morgan fingerprint density at radius 2 is 2.00 bits per heavy atom. The van der Waals surface area contributed by atoms with Gasteiger partial charge in [0.15, 0.2) is 0 Å². The summed E-state index contributed by atoms with van der Waals surface area (Å²) in [4.78, 5) is 15.0. The highest BCUT2D eigenvalue weighted by molar-refractivity contribution is 7.92. The maximum atomic E-state index is 13.5. The summed E-state index contributed by atoms with van der Waals surface area (Å²) in [6.45, 7) is 1.87. The Morgan fingerprint density at radius 3 is 2.65 bits per heavy atom. The maximum Gasteiger partial charge on any atom is 0.338 e. The Labute approximate surface area is 153 Å². The third kappa shape index (κ3) is 3.73. The number of hydrogen-bond acceptors (Lipinski definition) is 5. The van der Waals surface area contributed by atoms with Crippen LogP contribution in [0.5, 0.6) is 0 Å². The maximum absolute atomic E-state index is 13.5. The van der Waals surface area contributed by atoms with E-state index in [-0.39, 0.29) is 10.6 Å². The number of carboxylic acid groups (broad SMARTS) is 1. The van der Waals surface area contributed by atoms with Crippen molar-refractivity contribution in [1.82, 2.24) is 4.98 Å². The van der Waals surface area contributed by atoms with Crippen molar-refractivity contribution in [2.45, 2.75) is 11.8 Å². The van der Waals surface area contributed by atoms with Crippen molar-refractivity contribution in [3.63, 3.8) is 0 Å². The smallest absolute Gasteiger partial charge is 0.338 e. The van der Waals surface area contributed by atoms with Gasteiger partial charge in [-0.1, -0.05) is 12.1 Å². The van der Waals surface area contributed by atoms with Crippen molar-refractivity contribution in [2.75, 3.05) is 4.72 Å². The van der Waals surface area contributed by atoms with Gasteiger partial charge in [0.1, 0.15) is 5.82 Å². The number of aromatic carboxylic acids is 1. The van der Waals surface area contributed by atoms with Crippen LogP contribution in [0.25, 0.3) is 11.3 Å². The first kappa shape index (κ1) is 18.0. The number of nitrogens with one attached hydrogen (secondary N) is 1. The summed E-state index contributed by atoms with van der Waals surface area (Å²) in [5.41, 5.74) is 1.04. The fraction of sp³-hybridized carbons (Fsp3) is 0.0588. The molecule has 0 aliphatic heterocycles. The minimum Gasteiger partial charge on any atom is -0.478 e. The van der Waals surface area contributed by atoms with E-state index in [1.165, 1.54) is 11.3 Å². The summed E-state index contributed by atoms with van der Waals surface area (Å²) in [5.74, 6) is -2.54. The van der Waals surface area contributed by atoms with E-state index < -0.39 is 27.4 Å². The molecular formula is C17H13FN2O4S2. The number of aromatic nitrogens is 1. The van der Waals surface area contributed by atoms with Crippen molar-refractivity contribution in [2.24, 2.45) is 0 Å². The first-order chi connectivity index (χ1) is 12.3. The van der Waals surface area contributed by atoms with E-state index in [0.717, 1.165) is 34.5 Å². The highest BCUT2D eigenvalue weighted by Gasteiger charge is 2.19. The summed E-state index contributed by atoms with van der Waals surface area (Å²) < 4.78 is 40.8. The predicted octanol–water partition coefficient (Wildman–Crippen LogP) is 3.76. The fourth-order valence-corrected chi connectivity index (χ4v) is 3.98. The predicted molar refractivity (Wildman–Crippen MR) is 96.5 cm³/mol. The van der Waals surface area contributed by atoms with Crippen LogP contribution in [0.1, 0.15) is 15.4 Å². The largest absolute Gasteiger partial charge is 0.478 e. The Morgan fingerprint density at radius 1 is 1.23 bits per heavy atom. The molecule has 3 rings (SSSR count). The number of sulfonamides is 1. The second-order valence-electron chi connectivity index (χ2n) is 5.38. The Kier molecular flexibility index (Phi) is 4.75. The van der Waals surface area contributed by atoms with Crippen LogP contribution < -0.4 is 4.72 Å². The van der Waals surface area contributed by atoms with Crippen LogP contribution in [0.4, 0.5) is 10.1 Å². The minimum atomic E-state index is -4.08. The molecule has 0 fully saturated rings. The van der Waals surface area contributed by atoms with E-state index in [1.54, 1.807) is 24.3 Å². The zero-order valence-electron chi connectivity index (χ0n) is 13.4. The van der Waals surface area contributed by atoms with Crippen LogP contribution in [0.2, 0.25) is 0 Å². The average Bonchev–Trinajstić information content (AvgIpc) is 3.01. The van der Waals surface area contributed by atoms with Gasteiger partial charge in [-0.05, 0) is 37.3 Å². The summed E-state index contributed by atoms with van der Waals surface area (Å²) >= 11 is 1.48. The van der Waals surface area contributed by atoms with Crippen molar-refractivity contribution in [3.8, 4) is 11.3 Å². The van der Waals surface area contributed by atoms with E-state index >= 15 is 0 Å². The molecule has 0 bridgehead atoms. The number of aryl methyl sites for hydroxylation is 1.